The first-order valence-corrected chi connectivity index (χ1v) is 15.4. The van der Waals surface area contributed by atoms with Crippen molar-refractivity contribution in [3.8, 4) is 0 Å². The molecule has 0 saturated carbocycles. The summed E-state index contributed by atoms with van der Waals surface area (Å²) in [4.78, 5) is 33.9. The normalized spacial score (nSPS) is 17.0. The van der Waals surface area contributed by atoms with Crippen molar-refractivity contribution in [2.45, 2.75) is 35.4 Å². The average Bonchev–Trinajstić information content (AvgIpc) is 3.30. The lowest BCUT2D eigenvalue weighted by Crippen LogP contribution is -2.42. The highest BCUT2D eigenvalue weighted by Crippen LogP contribution is 2.48. The van der Waals surface area contributed by atoms with Crippen LogP contribution in [0, 0.1) is 13.8 Å². The van der Waals surface area contributed by atoms with Gasteiger partial charge in [-0.15, -0.1) is 0 Å². The number of benzene rings is 4. The summed E-state index contributed by atoms with van der Waals surface area (Å²) in [5.74, 6) is -0.267. The molecule has 1 unspecified atom stereocenters. The number of rotatable bonds is 6. The molecule has 1 N–H and O–H groups in total. The monoisotopic (exact) mass is 577 g/mol. The molecule has 3 amide bonds. The van der Waals surface area contributed by atoms with E-state index in [0.29, 0.717) is 11.4 Å². The van der Waals surface area contributed by atoms with Gasteiger partial charge in [0.05, 0.1) is 16.3 Å². The number of anilines is 2. The Labute approximate surface area is 249 Å². The Hall–Kier alpha value is -3.94. The summed E-state index contributed by atoms with van der Waals surface area (Å²) >= 11 is 3.21. The number of amides is 3. The fourth-order valence-corrected chi connectivity index (χ4v) is 7.55. The number of carbonyl (C=O) groups is 2. The van der Waals surface area contributed by atoms with E-state index in [1.54, 1.807) is 11.8 Å². The predicted molar refractivity (Wildman–Crippen MR) is 170 cm³/mol. The number of nitrogens with zero attached hydrogens (tertiary/aromatic N) is 2. The van der Waals surface area contributed by atoms with Crippen molar-refractivity contribution in [3.63, 3.8) is 0 Å². The van der Waals surface area contributed by atoms with Gasteiger partial charge in [0, 0.05) is 22.9 Å². The third-order valence-electron chi connectivity index (χ3n) is 7.16. The first kappa shape index (κ1) is 27.2. The molecule has 0 spiro atoms. The summed E-state index contributed by atoms with van der Waals surface area (Å²) in [5.41, 5.74) is 6.46. The molecule has 4 aromatic rings. The van der Waals surface area contributed by atoms with Crippen LogP contribution in [0.2, 0.25) is 0 Å². The zero-order valence-corrected chi connectivity index (χ0v) is 24.7. The molecule has 7 heteroatoms. The topological polar surface area (TPSA) is 52.7 Å². The van der Waals surface area contributed by atoms with Crippen LogP contribution in [0.4, 0.5) is 16.2 Å². The predicted octanol–water partition coefficient (Wildman–Crippen LogP) is 8.32. The van der Waals surface area contributed by atoms with Crippen LogP contribution in [0.25, 0.3) is 6.08 Å². The third-order valence-corrected chi connectivity index (χ3v) is 9.54. The van der Waals surface area contributed by atoms with Gasteiger partial charge in [-0.2, -0.15) is 0 Å². The summed E-state index contributed by atoms with van der Waals surface area (Å²) in [6.45, 7) is 5.26. The molecule has 0 bridgehead atoms. The number of fused-ring (bicyclic) bond motifs is 2. The van der Waals surface area contributed by atoms with Crippen molar-refractivity contribution in [2.24, 2.45) is 0 Å². The molecule has 2 heterocycles. The fourth-order valence-electron chi connectivity index (χ4n) is 5.23. The second kappa shape index (κ2) is 11.9. The Kier molecular flexibility index (Phi) is 7.90. The summed E-state index contributed by atoms with van der Waals surface area (Å²) in [6.07, 6.45) is 2.62. The van der Waals surface area contributed by atoms with E-state index >= 15 is 0 Å². The van der Waals surface area contributed by atoms with Gasteiger partial charge in [-0.25, -0.2) is 9.69 Å². The molecule has 2 aliphatic rings. The molecule has 4 aromatic carbocycles. The standard InChI is InChI=1S/C34H31N3O2S2/c1-23-10-7-12-25(20-23)22-31-32(38)37(33(41-31)26-13-8-11-24(2)21-26)34(39)35-18-9-19-36-27-14-3-5-16-29(27)40-30-17-6-4-15-28(30)36/h3-8,10-17,20-22,33H,9,18-19H2,1-2H3,(H,35,39)/b31-22+. The van der Waals surface area contributed by atoms with Crippen molar-refractivity contribution in [3.05, 3.63) is 124 Å². The van der Waals surface area contributed by atoms with Crippen molar-refractivity contribution in [2.75, 3.05) is 18.0 Å². The quantitative estimate of drug-likeness (QED) is 0.184. The largest absolute Gasteiger partial charge is 0.340 e. The molecular weight excluding hydrogens is 547 g/mol. The van der Waals surface area contributed by atoms with Gasteiger partial charge in [-0.05, 0) is 61.7 Å². The Morgan fingerprint density at radius 1 is 0.854 bits per heavy atom. The van der Waals surface area contributed by atoms with Gasteiger partial charge in [0.1, 0.15) is 5.37 Å². The number of urea groups is 1. The highest BCUT2D eigenvalue weighted by atomic mass is 32.2. The first-order chi connectivity index (χ1) is 20.0. The minimum Gasteiger partial charge on any atom is -0.340 e. The molecule has 1 saturated heterocycles. The van der Waals surface area contributed by atoms with Gasteiger partial charge in [-0.1, -0.05) is 107 Å². The van der Waals surface area contributed by atoms with Gasteiger partial charge in [0.25, 0.3) is 5.91 Å². The third kappa shape index (κ3) is 5.78. The van der Waals surface area contributed by atoms with Crippen LogP contribution in [0.3, 0.4) is 0 Å². The van der Waals surface area contributed by atoms with Gasteiger partial charge in [0.15, 0.2) is 0 Å². The molecule has 0 radical (unpaired) electrons. The smallest absolute Gasteiger partial charge is 0.325 e. The molecular formula is C34H31N3O2S2. The minimum absolute atomic E-state index is 0.267. The van der Waals surface area contributed by atoms with Crippen LogP contribution in [0.15, 0.2) is 112 Å². The van der Waals surface area contributed by atoms with Crippen molar-refractivity contribution in [1.29, 1.82) is 0 Å². The Bertz CT molecular complexity index is 1610. The number of aryl methyl sites for hydroxylation is 2. The molecule has 0 aliphatic carbocycles. The number of hydrogen-bond acceptors (Lipinski definition) is 5. The maximum Gasteiger partial charge on any atom is 0.325 e. The van der Waals surface area contributed by atoms with Gasteiger partial charge in [-0.3, -0.25) is 4.79 Å². The second-order valence-electron chi connectivity index (χ2n) is 10.3. The minimum atomic E-state index is -0.420. The van der Waals surface area contributed by atoms with Crippen LogP contribution in [0.5, 0.6) is 0 Å². The Morgan fingerprint density at radius 2 is 1.51 bits per heavy atom. The van der Waals surface area contributed by atoms with Crippen molar-refractivity contribution < 1.29 is 9.59 Å². The van der Waals surface area contributed by atoms with E-state index in [0.717, 1.165) is 35.2 Å². The van der Waals surface area contributed by atoms with Crippen LogP contribution in [-0.2, 0) is 4.79 Å². The van der Waals surface area contributed by atoms with E-state index < -0.39 is 5.37 Å². The van der Waals surface area contributed by atoms with E-state index in [1.165, 1.54) is 37.8 Å². The van der Waals surface area contributed by atoms with Crippen LogP contribution in [0.1, 0.15) is 34.0 Å². The highest BCUT2D eigenvalue weighted by molar-refractivity contribution is 8.04. The lowest BCUT2D eigenvalue weighted by molar-refractivity contribution is -0.123. The highest BCUT2D eigenvalue weighted by Gasteiger charge is 2.41. The fraction of sp³-hybridized carbons (Fsp3) is 0.176. The molecule has 5 nitrogen and oxygen atoms in total. The number of thioether (sulfide) groups is 1. The summed E-state index contributed by atoms with van der Waals surface area (Å²) < 4.78 is 0. The summed E-state index contributed by atoms with van der Waals surface area (Å²) in [7, 11) is 0. The Balaban J connectivity index is 1.18. The van der Waals surface area contributed by atoms with Crippen LogP contribution < -0.4 is 10.2 Å². The zero-order chi connectivity index (χ0) is 28.3. The molecule has 1 fully saturated rings. The zero-order valence-electron chi connectivity index (χ0n) is 23.0. The van der Waals surface area contributed by atoms with Gasteiger partial charge < -0.3 is 10.2 Å². The van der Waals surface area contributed by atoms with Gasteiger partial charge >= 0.3 is 6.03 Å². The number of carbonyl (C=O) groups excluding carboxylic acids is 2. The number of hydrogen-bond donors (Lipinski definition) is 1. The molecule has 6 rings (SSSR count). The SMILES string of the molecule is Cc1cccc(/C=C2/SC(c3cccc(C)c3)N(C(=O)NCCCN3c4ccccc4Sc4ccccc43)C2=O)c1. The number of nitrogens with one attached hydrogen (secondary N) is 1. The van der Waals surface area contributed by atoms with Crippen LogP contribution >= 0.6 is 23.5 Å². The lowest BCUT2D eigenvalue weighted by atomic mass is 10.1. The number of imide groups is 1. The van der Waals surface area contributed by atoms with Crippen LogP contribution in [-0.4, -0.2) is 29.9 Å². The molecule has 0 aromatic heterocycles. The molecule has 1 atom stereocenters. The first-order valence-electron chi connectivity index (χ1n) is 13.7. The molecule has 206 valence electrons. The summed E-state index contributed by atoms with van der Waals surface area (Å²) in [6, 6.07) is 32.5. The Morgan fingerprint density at radius 3 is 2.20 bits per heavy atom. The average molecular weight is 578 g/mol. The van der Waals surface area contributed by atoms with Gasteiger partial charge in [0.2, 0.25) is 0 Å². The van der Waals surface area contributed by atoms with E-state index in [-0.39, 0.29) is 11.9 Å². The maximum atomic E-state index is 13.6. The molecule has 2 aliphatic heterocycles. The van der Waals surface area contributed by atoms with E-state index in [2.05, 4.69) is 58.7 Å². The maximum absolute atomic E-state index is 13.6. The van der Waals surface area contributed by atoms with E-state index in [4.69, 9.17) is 0 Å². The van der Waals surface area contributed by atoms with E-state index in [1.807, 2.05) is 68.5 Å². The molecule has 41 heavy (non-hydrogen) atoms. The van der Waals surface area contributed by atoms with Crippen molar-refractivity contribution >= 4 is 52.9 Å². The lowest BCUT2D eigenvalue weighted by Gasteiger charge is -2.32. The second-order valence-corrected chi connectivity index (χ2v) is 12.5. The summed E-state index contributed by atoms with van der Waals surface area (Å²) in [5, 5.41) is 2.62. The van der Waals surface area contributed by atoms with Crippen molar-refractivity contribution in [1.82, 2.24) is 10.2 Å². The van der Waals surface area contributed by atoms with E-state index in [9.17, 15) is 9.59 Å². The number of para-hydroxylation sites is 2.